The van der Waals surface area contributed by atoms with Gasteiger partial charge in [-0.05, 0) is 19.1 Å². The highest BCUT2D eigenvalue weighted by Crippen LogP contribution is 2.26. The molecule has 124 valence electrons. The first kappa shape index (κ1) is 16.5. The Morgan fingerprint density at radius 2 is 2.25 bits per heavy atom. The molecule has 0 saturated heterocycles. The number of hydrogen-bond donors (Lipinski definition) is 1. The Morgan fingerprint density at radius 1 is 1.42 bits per heavy atom. The highest BCUT2D eigenvalue weighted by Gasteiger charge is 2.13. The molecule has 0 radical (unpaired) electrons. The summed E-state index contributed by atoms with van der Waals surface area (Å²) < 4.78 is 7.16. The van der Waals surface area contributed by atoms with Crippen LogP contribution in [0, 0.1) is 6.92 Å². The third kappa shape index (κ3) is 3.74. The van der Waals surface area contributed by atoms with Crippen LogP contribution < -0.4 is 10.1 Å². The maximum atomic E-state index is 12.0. The van der Waals surface area contributed by atoms with Gasteiger partial charge in [-0.3, -0.25) is 9.36 Å². The van der Waals surface area contributed by atoms with Gasteiger partial charge in [-0.15, -0.1) is 21.5 Å². The number of carbonyl (C=O) groups excluding carboxylic acids is 1. The van der Waals surface area contributed by atoms with Gasteiger partial charge >= 0.3 is 0 Å². The lowest BCUT2D eigenvalue weighted by atomic mass is 10.3. The standard InChI is InChI=1S/C15H15N5O2S2/c1-10-7-23-14(17-10)18-13(21)8-24-15-19-16-9-20(15)11-5-3-4-6-12(11)22-2/h3-7,9H,8H2,1-2H3,(H,17,18,21). The second kappa shape index (κ2) is 7.45. The minimum Gasteiger partial charge on any atom is -0.495 e. The minimum atomic E-state index is -0.135. The monoisotopic (exact) mass is 361 g/mol. The van der Waals surface area contributed by atoms with Crippen LogP contribution in [-0.4, -0.2) is 38.5 Å². The molecule has 3 aromatic rings. The summed E-state index contributed by atoms with van der Waals surface area (Å²) >= 11 is 2.70. The first-order valence-corrected chi connectivity index (χ1v) is 8.92. The van der Waals surface area contributed by atoms with Crippen LogP contribution in [0.1, 0.15) is 5.69 Å². The molecule has 9 heteroatoms. The smallest absolute Gasteiger partial charge is 0.236 e. The zero-order valence-electron chi connectivity index (χ0n) is 13.1. The molecule has 0 aliphatic rings. The van der Waals surface area contributed by atoms with Gasteiger partial charge in [0.15, 0.2) is 10.3 Å². The molecule has 0 fully saturated rings. The van der Waals surface area contributed by atoms with E-state index in [0.29, 0.717) is 16.0 Å². The number of aryl methyl sites for hydroxylation is 1. The highest BCUT2D eigenvalue weighted by atomic mass is 32.2. The van der Waals surface area contributed by atoms with Crippen LogP contribution in [0.25, 0.3) is 5.69 Å². The van der Waals surface area contributed by atoms with Crippen molar-refractivity contribution in [3.63, 3.8) is 0 Å². The predicted octanol–water partition coefficient (Wildman–Crippen LogP) is 2.77. The second-order valence-corrected chi connectivity index (χ2v) is 6.59. The van der Waals surface area contributed by atoms with Crippen molar-refractivity contribution >= 4 is 34.1 Å². The third-order valence-corrected chi connectivity index (χ3v) is 4.88. The summed E-state index contributed by atoms with van der Waals surface area (Å²) in [6.45, 7) is 1.89. The van der Waals surface area contributed by atoms with E-state index in [0.717, 1.165) is 11.4 Å². The zero-order chi connectivity index (χ0) is 16.9. The van der Waals surface area contributed by atoms with Crippen molar-refractivity contribution in [2.45, 2.75) is 12.1 Å². The van der Waals surface area contributed by atoms with Crippen molar-refractivity contribution in [1.29, 1.82) is 0 Å². The molecule has 7 nitrogen and oxygen atoms in total. The molecule has 0 atom stereocenters. The van der Waals surface area contributed by atoms with Crippen molar-refractivity contribution in [3.05, 3.63) is 41.7 Å². The molecule has 3 rings (SSSR count). The number of hydrogen-bond acceptors (Lipinski definition) is 7. The van der Waals surface area contributed by atoms with Crippen molar-refractivity contribution in [2.24, 2.45) is 0 Å². The first-order chi connectivity index (χ1) is 11.7. The lowest BCUT2D eigenvalue weighted by Crippen LogP contribution is -2.14. The molecular formula is C15H15N5O2S2. The highest BCUT2D eigenvalue weighted by molar-refractivity contribution is 7.99. The normalized spacial score (nSPS) is 10.6. The lowest BCUT2D eigenvalue weighted by molar-refractivity contribution is -0.113. The summed E-state index contributed by atoms with van der Waals surface area (Å²) in [6.07, 6.45) is 1.60. The van der Waals surface area contributed by atoms with Gasteiger partial charge in [0, 0.05) is 5.38 Å². The van der Waals surface area contributed by atoms with Crippen molar-refractivity contribution < 1.29 is 9.53 Å². The number of para-hydroxylation sites is 2. The molecule has 0 unspecified atom stereocenters. The summed E-state index contributed by atoms with van der Waals surface area (Å²) in [6, 6.07) is 7.57. The van der Waals surface area contributed by atoms with E-state index >= 15 is 0 Å². The molecular weight excluding hydrogens is 346 g/mol. The number of anilines is 1. The average Bonchev–Trinajstić information content (AvgIpc) is 3.21. The number of aromatic nitrogens is 4. The number of nitrogens with zero attached hydrogens (tertiary/aromatic N) is 4. The van der Waals surface area contributed by atoms with E-state index in [1.54, 1.807) is 18.0 Å². The average molecular weight is 361 g/mol. The second-order valence-electron chi connectivity index (χ2n) is 4.79. The van der Waals surface area contributed by atoms with Crippen molar-refractivity contribution in [1.82, 2.24) is 19.7 Å². The largest absolute Gasteiger partial charge is 0.495 e. The van der Waals surface area contributed by atoms with Crippen LogP contribution in [0.2, 0.25) is 0 Å². The number of nitrogens with one attached hydrogen (secondary N) is 1. The molecule has 0 spiro atoms. The fraction of sp³-hybridized carbons (Fsp3) is 0.200. The predicted molar refractivity (Wildman–Crippen MR) is 94.1 cm³/mol. The Labute approximate surface area is 147 Å². The molecule has 1 N–H and O–H groups in total. The lowest BCUT2D eigenvalue weighted by Gasteiger charge is -2.10. The van der Waals surface area contributed by atoms with Gasteiger partial charge in [-0.1, -0.05) is 23.9 Å². The van der Waals surface area contributed by atoms with Crippen LogP contribution in [-0.2, 0) is 4.79 Å². The van der Waals surface area contributed by atoms with E-state index < -0.39 is 0 Å². The van der Waals surface area contributed by atoms with E-state index in [1.165, 1.54) is 23.1 Å². The van der Waals surface area contributed by atoms with Crippen molar-refractivity contribution in [2.75, 3.05) is 18.2 Å². The number of amides is 1. The SMILES string of the molecule is COc1ccccc1-n1cnnc1SCC(=O)Nc1nc(C)cs1. The quantitative estimate of drug-likeness (QED) is 0.680. The van der Waals surface area contributed by atoms with E-state index in [9.17, 15) is 4.79 Å². The molecule has 2 aromatic heterocycles. The molecule has 0 saturated carbocycles. The Bertz CT molecular complexity index is 846. The van der Waals surface area contributed by atoms with E-state index in [1.807, 2.05) is 36.6 Å². The van der Waals surface area contributed by atoms with Crippen LogP contribution in [0.3, 0.4) is 0 Å². The fourth-order valence-electron chi connectivity index (χ4n) is 2.01. The maximum absolute atomic E-state index is 12.0. The van der Waals surface area contributed by atoms with Gasteiger partial charge in [-0.2, -0.15) is 0 Å². The van der Waals surface area contributed by atoms with Crippen LogP contribution in [0.4, 0.5) is 5.13 Å². The van der Waals surface area contributed by atoms with Crippen LogP contribution >= 0.6 is 23.1 Å². The summed E-state index contributed by atoms with van der Waals surface area (Å²) in [5.41, 5.74) is 1.71. The number of carbonyl (C=O) groups is 1. The van der Waals surface area contributed by atoms with Gasteiger partial charge in [-0.25, -0.2) is 4.98 Å². The Morgan fingerprint density at radius 3 is 3.00 bits per heavy atom. The van der Waals surface area contributed by atoms with E-state index in [4.69, 9.17) is 4.74 Å². The molecule has 1 aromatic carbocycles. The number of ether oxygens (including phenoxy) is 1. The van der Waals surface area contributed by atoms with Gasteiger partial charge < -0.3 is 10.1 Å². The topological polar surface area (TPSA) is 81.9 Å². The molecule has 1 amide bonds. The summed E-state index contributed by atoms with van der Waals surface area (Å²) in [4.78, 5) is 16.3. The van der Waals surface area contributed by atoms with Gasteiger partial charge in [0.05, 0.1) is 24.2 Å². The number of thiazole rings is 1. The molecule has 0 aliphatic heterocycles. The van der Waals surface area contributed by atoms with Gasteiger partial charge in [0.1, 0.15) is 12.1 Å². The number of thioether (sulfide) groups is 1. The van der Waals surface area contributed by atoms with E-state index in [2.05, 4.69) is 20.5 Å². The zero-order valence-corrected chi connectivity index (χ0v) is 14.7. The summed E-state index contributed by atoms with van der Waals surface area (Å²) in [7, 11) is 1.61. The van der Waals surface area contributed by atoms with Gasteiger partial charge in [0.2, 0.25) is 5.91 Å². The number of benzene rings is 1. The Hall–Kier alpha value is -2.39. The Kier molecular flexibility index (Phi) is 5.11. The number of rotatable bonds is 6. The molecule has 24 heavy (non-hydrogen) atoms. The van der Waals surface area contributed by atoms with Crippen LogP contribution in [0.15, 0.2) is 41.1 Å². The molecule has 2 heterocycles. The fourth-order valence-corrected chi connectivity index (χ4v) is 3.44. The maximum Gasteiger partial charge on any atom is 0.236 e. The number of methoxy groups -OCH3 is 1. The van der Waals surface area contributed by atoms with E-state index in [-0.39, 0.29) is 11.7 Å². The minimum absolute atomic E-state index is 0.135. The summed E-state index contributed by atoms with van der Waals surface area (Å²) in [5.74, 6) is 0.790. The van der Waals surface area contributed by atoms with Gasteiger partial charge in [0.25, 0.3) is 0 Å². The third-order valence-electron chi connectivity index (χ3n) is 3.06. The first-order valence-electron chi connectivity index (χ1n) is 7.05. The Balaban J connectivity index is 1.68. The molecule has 0 aliphatic carbocycles. The molecule has 0 bridgehead atoms. The summed E-state index contributed by atoms with van der Waals surface area (Å²) in [5, 5.41) is 13.9. The van der Waals surface area contributed by atoms with Crippen molar-refractivity contribution in [3.8, 4) is 11.4 Å². The van der Waals surface area contributed by atoms with Crippen LogP contribution in [0.5, 0.6) is 5.75 Å².